The second kappa shape index (κ2) is 4.47. The van der Waals surface area contributed by atoms with Gasteiger partial charge in [-0.1, -0.05) is 13.3 Å². The fourth-order valence-electron chi connectivity index (χ4n) is 7.77. The molecule has 21 heavy (non-hydrogen) atoms. The maximum atomic E-state index is 11.0. The molecule has 120 valence electrons. The second-order valence-electron chi connectivity index (χ2n) is 9.41. The van der Waals surface area contributed by atoms with Crippen LogP contribution in [0.4, 0.5) is 0 Å². The van der Waals surface area contributed by atoms with Crippen LogP contribution in [0.5, 0.6) is 0 Å². The minimum Gasteiger partial charge on any atom is -0.396 e. The highest BCUT2D eigenvalue weighted by molar-refractivity contribution is 5.13. The lowest BCUT2D eigenvalue weighted by atomic mass is 9.43. The fourth-order valence-corrected chi connectivity index (χ4v) is 7.77. The van der Waals surface area contributed by atoms with Gasteiger partial charge in [0.2, 0.25) is 0 Å². The summed E-state index contributed by atoms with van der Waals surface area (Å²) in [6.45, 7) is 5.00. The van der Waals surface area contributed by atoms with E-state index in [-0.39, 0.29) is 0 Å². The van der Waals surface area contributed by atoms with E-state index in [1.165, 1.54) is 51.4 Å². The molecule has 2 N–H and O–H groups in total. The molecule has 4 aliphatic carbocycles. The quantitative estimate of drug-likeness (QED) is 0.772. The average Bonchev–Trinajstić information content (AvgIpc) is 2.68. The number of aliphatic hydroxyl groups excluding tert-OH is 1. The summed E-state index contributed by atoms with van der Waals surface area (Å²) in [6, 6.07) is 0. The van der Waals surface area contributed by atoms with Crippen molar-refractivity contribution >= 4 is 0 Å². The van der Waals surface area contributed by atoms with E-state index in [9.17, 15) is 10.2 Å². The molecule has 0 radical (unpaired) electrons. The zero-order valence-electron chi connectivity index (χ0n) is 13.8. The summed E-state index contributed by atoms with van der Waals surface area (Å²) < 4.78 is 0. The molecule has 0 saturated heterocycles. The van der Waals surface area contributed by atoms with Crippen molar-refractivity contribution in [3.8, 4) is 0 Å². The number of aliphatic hydroxyl groups is 2. The van der Waals surface area contributed by atoms with E-state index >= 15 is 0 Å². The molecule has 0 aromatic heterocycles. The molecule has 0 amide bonds. The number of hydrogen-bond acceptors (Lipinski definition) is 2. The van der Waals surface area contributed by atoms with Crippen molar-refractivity contribution < 1.29 is 10.2 Å². The minimum atomic E-state index is -0.444. The van der Waals surface area contributed by atoms with Gasteiger partial charge in [-0.15, -0.1) is 0 Å². The van der Waals surface area contributed by atoms with Gasteiger partial charge in [0, 0.05) is 6.61 Å². The minimum absolute atomic E-state index is 0.343. The van der Waals surface area contributed by atoms with Gasteiger partial charge in [-0.25, -0.2) is 0 Å². The third-order valence-corrected chi connectivity index (χ3v) is 8.48. The van der Waals surface area contributed by atoms with Crippen LogP contribution in [0.1, 0.15) is 71.6 Å². The standard InChI is InChI=1S/C19H32O2/c1-17-7-3-8-18(2,21)15(17)6-9-19-10-13(4-5-16(17)19)14(11-19)12-20/h13-16,20-21H,3-12H2,1-2H3/t13-,14+,15-,16+,17+,18-,19+/m0/s1. The van der Waals surface area contributed by atoms with Crippen molar-refractivity contribution in [1.29, 1.82) is 0 Å². The molecule has 0 aromatic rings. The van der Waals surface area contributed by atoms with Crippen LogP contribution in [0, 0.1) is 34.5 Å². The van der Waals surface area contributed by atoms with Crippen molar-refractivity contribution in [2.45, 2.75) is 77.2 Å². The molecule has 4 saturated carbocycles. The van der Waals surface area contributed by atoms with Crippen LogP contribution in [-0.4, -0.2) is 22.4 Å². The predicted molar refractivity (Wildman–Crippen MR) is 83.8 cm³/mol. The first-order valence-electron chi connectivity index (χ1n) is 9.25. The van der Waals surface area contributed by atoms with Crippen LogP contribution in [0.25, 0.3) is 0 Å². The lowest BCUT2D eigenvalue weighted by Crippen LogP contribution is -2.58. The second-order valence-corrected chi connectivity index (χ2v) is 9.41. The van der Waals surface area contributed by atoms with Gasteiger partial charge in [-0.05, 0) is 92.8 Å². The van der Waals surface area contributed by atoms with E-state index < -0.39 is 5.60 Å². The van der Waals surface area contributed by atoms with E-state index in [0.717, 1.165) is 18.3 Å². The molecule has 4 aliphatic rings. The van der Waals surface area contributed by atoms with E-state index in [2.05, 4.69) is 13.8 Å². The third kappa shape index (κ3) is 1.84. The van der Waals surface area contributed by atoms with E-state index in [4.69, 9.17) is 0 Å². The molecule has 2 bridgehead atoms. The van der Waals surface area contributed by atoms with E-state index in [1.54, 1.807) is 0 Å². The predicted octanol–water partition coefficient (Wildman–Crippen LogP) is 3.75. The lowest BCUT2D eigenvalue weighted by molar-refractivity contribution is -0.180. The Hall–Kier alpha value is -0.0800. The smallest absolute Gasteiger partial charge is 0.0653 e. The van der Waals surface area contributed by atoms with Crippen molar-refractivity contribution in [2.24, 2.45) is 34.5 Å². The van der Waals surface area contributed by atoms with Gasteiger partial charge in [-0.3, -0.25) is 0 Å². The Kier molecular flexibility index (Phi) is 3.09. The Bertz CT molecular complexity index is 431. The molecule has 0 heterocycles. The summed E-state index contributed by atoms with van der Waals surface area (Å²) in [5.41, 5.74) is 0.407. The molecular formula is C19H32O2. The molecule has 0 unspecified atom stereocenters. The molecule has 4 rings (SSSR count). The van der Waals surface area contributed by atoms with Crippen LogP contribution >= 0.6 is 0 Å². The maximum absolute atomic E-state index is 11.0. The Labute approximate surface area is 129 Å². The summed E-state index contributed by atoms with van der Waals surface area (Å²) in [5, 5.41) is 20.7. The summed E-state index contributed by atoms with van der Waals surface area (Å²) in [4.78, 5) is 0. The summed E-state index contributed by atoms with van der Waals surface area (Å²) in [7, 11) is 0. The summed E-state index contributed by atoms with van der Waals surface area (Å²) in [5.74, 6) is 2.65. The van der Waals surface area contributed by atoms with Crippen LogP contribution in [0.2, 0.25) is 0 Å². The van der Waals surface area contributed by atoms with E-state index in [0.29, 0.717) is 29.3 Å². The Balaban J connectivity index is 1.70. The molecular weight excluding hydrogens is 260 g/mol. The fraction of sp³-hybridized carbons (Fsp3) is 1.00. The summed E-state index contributed by atoms with van der Waals surface area (Å²) in [6.07, 6.45) is 11.3. The first-order valence-corrected chi connectivity index (χ1v) is 9.25. The highest BCUT2D eigenvalue weighted by atomic mass is 16.3. The van der Waals surface area contributed by atoms with Gasteiger partial charge in [-0.2, -0.15) is 0 Å². The highest BCUT2D eigenvalue weighted by Crippen LogP contribution is 2.71. The lowest BCUT2D eigenvalue weighted by Gasteiger charge is -2.63. The van der Waals surface area contributed by atoms with Crippen molar-refractivity contribution in [2.75, 3.05) is 6.61 Å². The highest BCUT2D eigenvalue weighted by Gasteiger charge is 2.64. The van der Waals surface area contributed by atoms with Gasteiger partial charge in [0.05, 0.1) is 5.60 Å². The molecule has 4 fully saturated rings. The first-order chi connectivity index (χ1) is 9.91. The molecule has 2 heteroatoms. The Morgan fingerprint density at radius 2 is 1.76 bits per heavy atom. The Morgan fingerprint density at radius 1 is 0.952 bits per heavy atom. The molecule has 2 nitrogen and oxygen atoms in total. The van der Waals surface area contributed by atoms with Gasteiger partial charge < -0.3 is 10.2 Å². The first kappa shape index (κ1) is 14.5. The molecule has 7 atom stereocenters. The van der Waals surface area contributed by atoms with Crippen LogP contribution in [0.15, 0.2) is 0 Å². The number of fused-ring (bicyclic) bond motifs is 3. The largest absolute Gasteiger partial charge is 0.396 e. The van der Waals surface area contributed by atoms with Crippen molar-refractivity contribution in [3.63, 3.8) is 0 Å². The van der Waals surface area contributed by atoms with Gasteiger partial charge in [0.15, 0.2) is 0 Å². The zero-order valence-corrected chi connectivity index (χ0v) is 13.8. The van der Waals surface area contributed by atoms with Gasteiger partial charge in [0.1, 0.15) is 0 Å². The zero-order chi connectivity index (χ0) is 14.9. The van der Waals surface area contributed by atoms with E-state index in [1.807, 2.05) is 0 Å². The van der Waals surface area contributed by atoms with Gasteiger partial charge >= 0.3 is 0 Å². The monoisotopic (exact) mass is 292 g/mol. The molecule has 0 aliphatic heterocycles. The molecule has 1 spiro atoms. The number of rotatable bonds is 1. The normalized spacial score (nSPS) is 59.4. The molecule has 0 aromatic carbocycles. The topological polar surface area (TPSA) is 40.5 Å². The SMILES string of the molecule is C[C@@]12CCC[C@](C)(O)[C@H]1CC[C@@]13C[C@H](CO)[C@@H](CC[C@@H]12)C3. The third-order valence-electron chi connectivity index (χ3n) is 8.48. The van der Waals surface area contributed by atoms with Crippen LogP contribution in [-0.2, 0) is 0 Å². The summed E-state index contributed by atoms with van der Waals surface area (Å²) >= 11 is 0. The van der Waals surface area contributed by atoms with Gasteiger partial charge in [0.25, 0.3) is 0 Å². The van der Waals surface area contributed by atoms with Crippen LogP contribution < -0.4 is 0 Å². The van der Waals surface area contributed by atoms with Crippen molar-refractivity contribution in [3.05, 3.63) is 0 Å². The van der Waals surface area contributed by atoms with Crippen molar-refractivity contribution in [1.82, 2.24) is 0 Å². The van der Waals surface area contributed by atoms with Crippen LogP contribution in [0.3, 0.4) is 0 Å². The maximum Gasteiger partial charge on any atom is 0.0653 e. The number of hydrogen-bond donors (Lipinski definition) is 2. The Morgan fingerprint density at radius 3 is 2.52 bits per heavy atom. The average molecular weight is 292 g/mol.